The van der Waals surface area contributed by atoms with Gasteiger partial charge < -0.3 is 4.74 Å². The average molecular weight is 314 g/mol. The lowest BCUT2D eigenvalue weighted by Gasteiger charge is -2.42. The van der Waals surface area contributed by atoms with Gasteiger partial charge in [0.25, 0.3) is 0 Å². The number of hydrogen-bond acceptors (Lipinski definition) is 4. The maximum Gasteiger partial charge on any atom is 0.179 e. The summed E-state index contributed by atoms with van der Waals surface area (Å²) in [6.45, 7) is 2.28. The summed E-state index contributed by atoms with van der Waals surface area (Å²) in [7, 11) is 0. The molecule has 0 aromatic carbocycles. The summed E-state index contributed by atoms with van der Waals surface area (Å²) in [4.78, 5) is 16.9. The van der Waals surface area contributed by atoms with Crippen molar-refractivity contribution >= 4 is 5.78 Å². The molecule has 4 nitrogen and oxygen atoms in total. The van der Waals surface area contributed by atoms with Crippen LogP contribution in [0.1, 0.15) is 44.7 Å². The van der Waals surface area contributed by atoms with Crippen LogP contribution in [0.4, 0.5) is 4.39 Å². The summed E-state index contributed by atoms with van der Waals surface area (Å²) in [6, 6.07) is 4.94. The highest BCUT2D eigenvalue weighted by atomic mass is 19.1. The summed E-state index contributed by atoms with van der Waals surface area (Å²) in [5, 5.41) is 9.42. The number of carbonyl (C=O) groups excluding carboxylic acids is 1. The lowest BCUT2D eigenvalue weighted by molar-refractivity contribution is -0.132. The van der Waals surface area contributed by atoms with Crippen molar-refractivity contribution in [3.8, 4) is 6.07 Å². The molecule has 1 fully saturated rings. The molecule has 23 heavy (non-hydrogen) atoms. The molecule has 1 saturated carbocycles. The standard InChI is InChI=1S/C18H19FN2O2/c1-2-23-18(15-6-5-14(19)11-21-15)9-13(10-20)16(22)17(12-18)7-3-4-8-17/h5-6,9,11H,2-4,7-8,12H2,1H3. The van der Waals surface area contributed by atoms with Crippen LogP contribution in [0.15, 0.2) is 30.0 Å². The van der Waals surface area contributed by atoms with Gasteiger partial charge in [-0.25, -0.2) is 4.39 Å². The fourth-order valence-electron chi connectivity index (χ4n) is 3.97. The smallest absolute Gasteiger partial charge is 0.179 e. The van der Waals surface area contributed by atoms with Gasteiger partial charge in [0.05, 0.1) is 17.5 Å². The molecule has 3 rings (SSSR count). The van der Waals surface area contributed by atoms with Crippen molar-refractivity contribution in [3.05, 3.63) is 41.5 Å². The Labute approximate surface area is 135 Å². The Kier molecular flexibility index (Phi) is 4.03. The van der Waals surface area contributed by atoms with Crippen LogP contribution in [-0.2, 0) is 15.1 Å². The van der Waals surface area contributed by atoms with Gasteiger partial charge in [0.1, 0.15) is 17.5 Å². The molecule has 1 aromatic rings. The van der Waals surface area contributed by atoms with E-state index in [1.54, 1.807) is 12.1 Å². The van der Waals surface area contributed by atoms with Crippen LogP contribution < -0.4 is 0 Å². The normalized spacial score (nSPS) is 26.1. The second kappa shape index (κ2) is 5.86. The highest BCUT2D eigenvalue weighted by Gasteiger charge is 2.53. The van der Waals surface area contributed by atoms with E-state index in [0.29, 0.717) is 18.7 Å². The Bertz CT molecular complexity index is 684. The first-order chi connectivity index (χ1) is 11.1. The zero-order valence-electron chi connectivity index (χ0n) is 13.1. The molecule has 120 valence electrons. The molecule has 1 atom stereocenters. The van der Waals surface area contributed by atoms with Crippen molar-refractivity contribution in [1.82, 2.24) is 4.98 Å². The number of carbonyl (C=O) groups is 1. The molecule has 0 N–H and O–H groups in total. The van der Waals surface area contributed by atoms with E-state index in [1.807, 2.05) is 13.0 Å². The predicted molar refractivity (Wildman–Crippen MR) is 81.7 cm³/mol. The number of hydrogen-bond donors (Lipinski definition) is 0. The Morgan fingerprint density at radius 2 is 2.13 bits per heavy atom. The maximum absolute atomic E-state index is 13.2. The number of pyridine rings is 1. The first-order valence-electron chi connectivity index (χ1n) is 7.99. The number of nitriles is 1. The first-order valence-corrected chi connectivity index (χ1v) is 7.99. The number of Topliss-reactive ketones (excluding diaryl/α,β-unsaturated/α-hetero) is 1. The third-order valence-corrected chi connectivity index (χ3v) is 4.95. The average Bonchev–Trinajstić information content (AvgIpc) is 3.01. The molecule has 1 heterocycles. The number of allylic oxidation sites excluding steroid dienone is 1. The molecular weight excluding hydrogens is 295 g/mol. The molecule has 0 bridgehead atoms. The van der Waals surface area contributed by atoms with Crippen molar-refractivity contribution in [3.63, 3.8) is 0 Å². The minimum atomic E-state index is -0.939. The number of aromatic nitrogens is 1. The second-order valence-corrected chi connectivity index (χ2v) is 6.35. The molecule has 0 amide bonds. The van der Waals surface area contributed by atoms with Gasteiger partial charge in [-0.2, -0.15) is 5.26 Å². The molecule has 1 unspecified atom stereocenters. The Morgan fingerprint density at radius 3 is 2.70 bits per heavy atom. The predicted octanol–water partition coefficient (Wildman–Crippen LogP) is 3.44. The molecule has 1 aromatic heterocycles. The summed E-state index contributed by atoms with van der Waals surface area (Å²) in [5.41, 5.74) is -0.804. The van der Waals surface area contributed by atoms with Crippen LogP contribution in [-0.4, -0.2) is 17.4 Å². The zero-order chi connectivity index (χ0) is 16.5. The molecule has 2 aliphatic rings. The minimum Gasteiger partial charge on any atom is -0.365 e. The van der Waals surface area contributed by atoms with Crippen molar-refractivity contribution in [2.75, 3.05) is 6.61 Å². The van der Waals surface area contributed by atoms with Crippen LogP contribution in [0, 0.1) is 22.6 Å². The number of halogens is 1. The molecule has 0 aliphatic heterocycles. The Balaban J connectivity index is 2.15. The van der Waals surface area contributed by atoms with E-state index >= 15 is 0 Å². The SMILES string of the molecule is CCOC1(c2ccc(F)cn2)C=C(C#N)C(=O)C2(CCCC2)C1. The van der Waals surface area contributed by atoms with E-state index in [2.05, 4.69) is 4.98 Å². The largest absolute Gasteiger partial charge is 0.365 e. The van der Waals surface area contributed by atoms with Gasteiger partial charge in [-0.1, -0.05) is 12.8 Å². The third-order valence-electron chi connectivity index (χ3n) is 4.95. The van der Waals surface area contributed by atoms with E-state index < -0.39 is 16.8 Å². The number of rotatable bonds is 3. The molecule has 0 radical (unpaired) electrons. The van der Waals surface area contributed by atoms with Crippen LogP contribution in [0.3, 0.4) is 0 Å². The van der Waals surface area contributed by atoms with Gasteiger partial charge in [0.2, 0.25) is 0 Å². The van der Waals surface area contributed by atoms with Crippen molar-refractivity contribution in [2.45, 2.75) is 44.6 Å². The summed E-state index contributed by atoms with van der Waals surface area (Å²) in [5.74, 6) is -0.498. The van der Waals surface area contributed by atoms with Crippen LogP contribution in [0.2, 0.25) is 0 Å². The highest BCUT2D eigenvalue weighted by Crippen LogP contribution is 2.53. The van der Waals surface area contributed by atoms with Gasteiger partial charge in [0, 0.05) is 12.0 Å². The minimum absolute atomic E-state index is 0.0741. The fourth-order valence-corrected chi connectivity index (χ4v) is 3.97. The number of ketones is 1. The zero-order valence-corrected chi connectivity index (χ0v) is 13.1. The van der Waals surface area contributed by atoms with Gasteiger partial charge in [-0.05, 0) is 44.4 Å². The second-order valence-electron chi connectivity index (χ2n) is 6.35. The van der Waals surface area contributed by atoms with E-state index in [9.17, 15) is 14.4 Å². The number of nitrogens with zero attached hydrogens (tertiary/aromatic N) is 2. The van der Waals surface area contributed by atoms with Gasteiger partial charge >= 0.3 is 0 Å². The lowest BCUT2D eigenvalue weighted by atomic mass is 9.65. The first kappa shape index (κ1) is 15.8. The van der Waals surface area contributed by atoms with Crippen LogP contribution >= 0.6 is 0 Å². The summed E-state index contributed by atoms with van der Waals surface area (Å²) < 4.78 is 19.2. The third kappa shape index (κ3) is 2.57. The van der Waals surface area contributed by atoms with Gasteiger partial charge in [-0.15, -0.1) is 0 Å². The van der Waals surface area contributed by atoms with Crippen LogP contribution in [0.5, 0.6) is 0 Å². The summed E-state index contributed by atoms with van der Waals surface area (Å²) >= 11 is 0. The van der Waals surface area contributed by atoms with Crippen molar-refractivity contribution in [1.29, 1.82) is 5.26 Å². The van der Waals surface area contributed by atoms with Crippen LogP contribution in [0.25, 0.3) is 0 Å². The van der Waals surface area contributed by atoms with E-state index in [0.717, 1.165) is 31.9 Å². The molecule has 2 aliphatic carbocycles. The molecule has 5 heteroatoms. The summed E-state index contributed by atoms with van der Waals surface area (Å²) in [6.07, 6.45) is 6.68. The molecule has 0 saturated heterocycles. The van der Waals surface area contributed by atoms with Gasteiger partial charge in [-0.3, -0.25) is 9.78 Å². The van der Waals surface area contributed by atoms with Gasteiger partial charge in [0.15, 0.2) is 5.78 Å². The van der Waals surface area contributed by atoms with E-state index in [1.165, 1.54) is 6.07 Å². The van der Waals surface area contributed by atoms with E-state index in [-0.39, 0.29) is 11.4 Å². The van der Waals surface area contributed by atoms with Crippen molar-refractivity contribution in [2.24, 2.45) is 5.41 Å². The quantitative estimate of drug-likeness (QED) is 0.857. The topological polar surface area (TPSA) is 63.0 Å². The maximum atomic E-state index is 13.2. The Morgan fingerprint density at radius 1 is 1.39 bits per heavy atom. The fraction of sp³-hybridized carbons (Fsp3) is 0.500. The van der Waals surface area contributed by atoms with Crippen molar-refractivity contribution < 1.29 is 13.9 Å². The highest BCUT2D eigenvalue weighted by molar-refractivity contribution is 6.04. The monoisotopic (exact) mass is 314 g/mol. The Hall–Kier alpha value is -2.06. The number of ether oxygens (including phenoxy) is 1. The molecular formula is C18H19FN2O2. The lowest BCUT2D eigenvalue weighted by Crippen LogP contribution is -2.44. The molecule has 1 spiro atoms. The van der Waals surface area contributed by atoms with E-state index in [4.69, 9.17) is 4.74 Å².